The molecule has 3 aromatic rings. The summed E-state index contributed by atoms with van der Waals surface area (Å²) in [7, 11) is 0. The van der Waals surface area contributed by atoms with E-state index in [4.69, 9.17) is 4.74 Å². The maximum atomic E-state index is 13.3. The Balaban J connectivity index is 1.93. The summed E-state index contributed by atoms with van der Waals surface area (Å²) in [6, 6.07) is 10.1. The third kappa shape index (κ3) is 3.15. The number of esters is 1. The van der Waals surface area contributed by atoms with E-state index in [9.17, 15) is 13.6 Å². The molecule has 1 heterocycles. The van der Waals surface area contributed by atoms with Crippen LogP contribution in [0.25, 0.3) is 22.4 Å². The first-order chi connectivity index (χ1) is 11.6. The monoisotopic (exact) mass is 329 g/mol. The summed E-state index contributed by atoms with van der Waals surface area (Å²) in [6.45, 7) is 1.93. The van der Waals surface area contributed by atoms with E-state index in [0.29, 0.717) is 22.4 Å². The fraction of sp³-hybridized carbons (Fsp3) is 0.118. The lowest BCUT2D eigenvalue weighted by Crippen LogP contribution is -2.06. The van der Waals surface area contributed by atoms with E-state index in [-0.39, 0.29) is 12.3 Å². The second-order valence-corrected chi connectivity index (χ2v) is 4.98. The molecule has 0 saturated carbocycles. The van der Waals surface area contributed by atoms with Gasteiger partial charge in [-0.05, 0) is 30.2 Å². The van der Waals surface area contributed by atoms with Crippen LogP contribution in [0, 0.1) is 11.6 Å². The molecular weight excluding hydrogens is 316 g/mol. The van der Waals surface area contributed by atoms with Gasteiger partial charge in [0.25, 0.3) is 0 Å². The molecule has 0 unspecified atom stereocenters. The Labute approximate surface area is 136 Å². The molecule has 0 saturated heterocycles. The van der Waals surface area contributed by atoms with Crippen molar-refractivity contribution in [2.45, 2.75) is 6.92 Å². The molecule has 122 valence electrons. The van der Waals surface area contributed by atoms with Crippen LogP contribution in [0.15, 0.2) is 42.5 Å². The Morgan fingerprint density at radius 3 is 2.25 bits per heavy atom. The van der Waals surface area contributed by atoms with Crippen LogP contribution >= 0.6 is 0 Å². The molecule has 0 amide bonds. The predicted octanol–water partition coefficient (Wildman–Crippen LogP) is 3.59. The first-order valence-corrected chi connectivity index (χ1v) is 7.23. The highest BCUT2D eigenvalue weighted by Crippen LogP contribution is 2.26. The van der Waals surface area contributed by atoms with Gasteiger partial charge < -0.3 is 4.74 Å². The fourth-order valence-electron chi connectivity index (χ4n) is 2.31. The number of hydrogen-bond acceptors (Lipinski definition) is 4. The van der Waals surface area contributed by atoms with E-state index in [1.807, 2.05) is 0 Å². The number of nitrogens with one attached hydrogen (secondary N) is 1. The maximum absolute atomic E-state index is 13.3. The topological polar surface area (TPSA) is 67.9 Å². The molecule has 0 atom stereocenters. The van der Waals surface area contributed by atoms with Crippen LogP contribution in [0.5, 0.6) is 0 Å². The average Bonchev–Trinajstić information content (AvgIpc) is 3.04. The Kier molecular flexibility index (Phi) is 4.33. The second-order valence-electron chi connectivity index (χ2n) is 4.98. The average molecular weight is 329 g/mol. The molecule has 0 aliphatic heterocycles. The van der Waals surface area contributed by atoms with Crippen LogP contribution in [-0.2, 0) is 4.74 Å². The molecule has 5 nitrogen and oxygen atoms in total. The Morgan fingerprint density at radius 2 is 1.62 bits per heavy atom. The van der Waals surface area contributed by atoms with Crippen LogP contribution in [0.4, 0.5) is 8.78 Å². The molecule has 0 radical (unpaired) electrons. The molecular formula is C17H13F2N3O2. The molecule has 0 aliphatic rings. The summed E-state index contributed by atoms with van der Waals surface area (Å²) >= 11 is 0. The van der Waals surface area contributed by atoms with Crippen LogP contribution in [-0.4, -0.2) is 28.0 Å². The number of ether oxygens (including phenoxy) is 1. The van der Waals surface area contributed by atoms with E-state index in [2.05, 4.69) is 15.4 Å². The van der Waals surface area contributed by atoms with Gasteiger partial charge in [0.05, 0.1) is 6.61 Å². The van der Waals surface area contributed by atoms with E-state index in [1.165, 1.54) is 12.1 Å². The Bertz CT molecular complexity index is 856. The van der Waals surface area contributed by atoms with Crippen molar-refractivity contribution in [2.24, 2.45) is 0 Å². The van der Waals surface area contributed by atoms with Gasteiger partial charge >= 0.3 is 5.97 Å². The molecule has 0 fully saturated rings. The fourth-order valence-corrected chi connectivity index (χ4v) is 2.31. The van der Waals surface area contributed by atoms with Gasteiger partial charge in [0.15, 0.2) is 5.69 Å². The van der Waals surface area contributed by atoms with Crippen molar-refractivity contribution < 1.29 is 18.3 Å². The van der Waals surface area contributed by atoms with Crippen LogP contribution in [0.1, 0.15) is 17.4 Å². The number of nitrogens with zero attached hydrogens (tertiary/aromatic N) is 2. The molecule has 0 spiro atoms. The van der Waals surface area contributed by atoms with Gasteiger partial charge in [-0.1, -0.05) is 24.3 Å². The number of hydrogen-bond donors (Lipinski definition) is 1. The van der Waals surface area contributed by atoms with E-state index in [1.54, 1.807) is 31.2 Å². The van der Waals surface area contributed by atoms with Gasteiger partial charge in [0, 0.05) is 11.6 Å². The van der Waals surface area contributed by atoms with Crippen molar-refractivity contribution in [2.75, 3.05) is 6.61 Å². The summed E-state index contributed by atoms with van der Waals surface area (Å²) in [4.78, 5) is 11.8. The highest BCUT2D eigenvalue weighted by molar-refractivity contribution is 5.94. The summed E-state index contributed by atoms with van der Waals surface area (Å²) in [5.41, 5.74) is 2.13. The smallest absolute Gasteiger partial charge is 0.361 e. The highest BCUT2D eigenvalue weighted by atomic mass is 19.1. The quantitative estimate of drug-likeness (QED) is 0.743. The van der Waals surface area contributed by atoms with E-state index >= 15 is 0 Å². The number of aromatic nitrogens is 3. The Morgan fingerprint density at radius 1 is 1.00 bits per heavy atom. The number of carbonyl (C=O) groups excluding carboxylic acids is 1. The highest BCUT2D eigenvalue weighted by Gasteiger charge is 2.19. The largest absolute Gasteiger partial charge is 0.461 e. The zero-order valence-corrected chi connectivity index (χ0v) is 12.7. The van der Waals surface area contributed by atoms with Gasteiger partial charge in [0.2, 0.25) is 0 Å². The summed E-state index contributed by atoms with van der Waals surface area (Å²) < 4.78 is 31.6. The summed E-state index contributed by atoms with van der Waals surface area (Å²) in [5, 5.41) is 10.2. The van der Waals surface area contributed by atoms with Crippen molar-refractivity contribution in [1.29, 1.82) is 0 Å². The van der Waals surface area contributed by atoms with Gasteiger partial charge in [0.1, 0.15) is 17.3 Å². The zero-order chi connectivity index (χ0) is 17.1. The first kappa shape index (κ1) is 15.8. The van der Waals surface area contributed by atoms with Crippen LogP contribution < -0.4 is 0 Å². The lowest BCUT2D eigenvalue weighted by molar-refractivity contribution is 0.0520. The van der Waals surface area contributed by atoms with E-state index < -0.39 is 17.6 Å². The molecule has 3 rings (SSSR count). The van der Waals surface area contributed by atoms with Crippen LogP contribution in [0.3, 0.4) is 0 Å². The van der Waals surface area contributed by atoms with Crippen molar-refractivity contribution in [3.05, 3.63) is 59.8 Å². The molecule has 7 heteroatoms. The normalized spacial score (nSPS) is 10.6. The summed E-state index contributed by atoms with van der Waals surface area (Å²) in [5.74, 6) is -1.86. The van der Waals surface area contributed by atoms with Crippen molar-refractivity contribution >= 4 is 5.97 Å². The van der Waals surface area contributed by atoms with Gasteiger partial charge in [-0.3, -0.25) is 0 Å². The summed E-state index contributed by atoms with van der Waals surface area (Å²) in [6.07, 6.45) is 0. The second kappa shape index (κ2) is 6.57. The lowest BCUT2D eigenvalue weighted by atomic mass is 10.0. The third-order valence-electron chi connectivity index (χ3n) is 3.37. The van der Waals surface area contributed by atoms with Gasteiger partial charge in [-0.2, -0.15) is 10.3 Å². The standard InChI is InChI=1S/C17H13F2N3O2/c1-2-24-17(23)16-15(20-22-21-16)11-5-3-10(4-6-11)12-7-13(18)9-14(19)8-12/h3-9H,2H2,1H3,(H,20,21,22). The first-order valence-electron chi connectivity index (χ1n) is 7.23. The molecule has 1 N–H and O–H groups in total. The van der Waals surface area contributed by atoms with E-state index in [0.717, 1.165) is 6.07 Å². The minimum absolute atomic E-state index is 0.0846. The molecule has 2 aromatic carbocycles. The molecule has 0 bridgehead atoms. The predicted molar refractivity (Wildman–Crippen MR) is 83.1 cm³/mol. The number of aromatic amines is 1. The maximum Gasteiger partial charge on any atom is 0.361 e. The number of rotatable bonds is 4. The zero-order valence-electron chi connectivity index (χ0n) is 12.7. The number of carbonyl (C=O) groups is 1. The minimum atomic E-state index is -0.643. The molecule has 1 aromatic heterocycles. The Hall–Kier alpha value is -3.09. The number of benzene rings is 2. The van der Waals surface area contributed by atoms with Gasteiger partial charge in [-0.15, -0.1) is 5.10 Å². The van der Waals surface area contributed by atoms with Crippen molar-refractivity contribution in [3.63, 3.8) is 0 Å². The van der Waals surface area contributed by atoms with Crippen molar-refractivity contribution in [1.82, 2.24) is 15.4 Å². The minimum Gasteiger partial charge on any atom is -0.461 e. The third-order valence-corrected chi connectivity index (χ3v) is 3.37. The molecule has 0 aliphatic carbocycles. The number of H-pyrrole nitrogens is 1. The lowest BCUT2D eigenvalue weighted by Gasteiger charge is -2.05. The van der Waals surface area contributed by atoms with Crippen LogP contribution in [0.2, 0.25) is 0 Å². The number of halogens is 2. The molecule has 24 heavy (non-hydrogen) atoms. The van der Waals surface area contributed by atoms with Crippen molar-refractivity contribution in [3.8, 4) is 22.4 Å². The van der Waals surface area contributed by atoms with Gasteiger partial charge in [-0.25, -0.2) is 13.6 Å². The SMILES string of the molecule is CCOC(=O)c1n[nH]nc1-c1ccc(-c2cc(F)cc(F)c2)cc1.